The van der Waals surface area contributed by atoms with Crippen LogP contribution in [0.15, 0.2) is 96.8 Å². The topological polar surface area (TPSA) is 108 Å². The molecule has 5 aromatic rings. The molecule has 10 nitrogen and oxygen atoms in total. The number of aromatic nitrogens is 3. The van der Waals surface area contributed by atoms with Crippen LogP contribution in [0.3, 0.4) is 0 Å². The molecule has 6 rings (SSSR count). The lowest BCUT2D eigenvalue weighted by Gasteiger charge is -2.32. The molecule has 0 spiro atoms. The third kappa shape index (κ3) is 7.18. The number of hydrogen-bond acceptors (Lipinski definition) is 9. The number of fused-ring (bicyclic) bond motifs is 1. The lowest BCUT2D eigenvalue weighted by Crippen LogP contribution is -2.36. The van der Waals surface area contributed by atoms with E-state index in [4.69, 9.17) is 14.2 Å². The minimum atomic E-state index is -0.684. The molecule has 2 aromatic carbocycles. The van der Waals surface area contributed by atoms with Gasteiger partial charge in [-0.05, 0) is 62.4 Å². The van der Waals surface area contributed by atoms with E-state index in [9.17, 15) is 14.0 Å². The normalized spacial score (nSPS) is 14.4. The van der Waals surface area contributed by atoms with Crippen LogP contribution in [0.4, 0.5) is 20.2 Å². The van der Waals surface area contributed by atoms with Crippen LogP contribution in [-0.4, -0.2) is 43.9 Å². The van der Waals surface area contributed by atoms with E-state index in [1.165, 1.54) is 40.3 Å². The van der Waals surface area contributed by atoms with Crippen molar-refractivity contribution in [1.82, 2.24) is 14.8 Å². The molecular formula is C34H28F2IN5O5S. The number of allylic oxidation sites excluding steroid dienone is 1. The fourth-order valence-electron chi connectivity index (χ4n) is 4.93. The number of alkyl halides is 1. The Morgan fingerprint density at radius 2 is 1.85 bits per heavy atom. The highest BCUT2D eigenvalue weighted by molar-refractivity contribution is 14.1. The maximum atomic E-state index is 15.4. The molecule has 1 unspecified atom stereocenters. The van der Waals surface area contributed by atoms with Gasteiger partial charge in [0.1, 0.15) is 27.9 Å². The van der Waals surface area contributed by atoms with Gasteiger partial charge in [-0.2, -0.15) is 5.10 Å². The minimum absolute atomic E-state index is 0.00348. The summed E-state index contributed by atoms with van der Waals surface area (Å²) in [7, 11) is 0. The summed E-state index contributed by atoms with van der Waals surface area (Å²) in [4.78, 5) is 32.5. The number of nitrogens with one attached hydrogen (secondary N) is 1. The summed E-state index contributed by atoms with van der Waals surface area (Å²) in [6, 6.07) is 13.6. The number of amides is 1. The van der Waals surface area contributed by atoms with Crippen LogP contribution in [0, 0.1) is 11.6 Å². The van der Waals surface area contributed by atoms with Crippen molar-refractivity contribution in [3.05, 3.63) is 108 Å². The van der Waals surface area contributed by atoms with Gasteiger partial charge in [0, 0.05) is 52.5 Å². The van der Waals surface area contributed by atoms with E-state index in [2.05, 4.69) is 38.0 Å². The van der Waals surface area contributed by atoms with Crippen molar-refractivity contribution in [1.29, 1.82) is 0 Å². The first-order chi connectivity index (χ1) is 23.2. The van der Waals surface area contributed by atoms with E-state index in [1.807, 2.05) is 17.9 Å². The highest BCUT2D eigenvalue weighted by atomic mass is 127. The smallest absolute Gasteiger partial charge is 0.327 e. The number of carbonyl (C=O) groups is 2. The number of benzene rings is 2. The van der Waals surface area contributed by atoms with Gasteiger partial charge in [-0.1, -0.05) is 22.6 Å². The number of nitrogens with zero attached hydrogens (tertiary/aromatic N) is 4. The predicted octanol–water partition coefficient (Wildman–Crippen LogP) is 7.82. The van der Waals surface area contributed by atoms with Gasteiger partial charge in [-0.3, -0.25) is 19.3 Å². The Morgan fingerprint density at radius 1 is 1.04 bits per heavy atom. The van der Waals surface area contributed by atoms with Crippen molar-refractivity contribution in [2.45, 2.75) is 24.4 Å². The molecule has 3 aromatic heterocycles. The Morgan fingerprint density at radius 3 is 2.60 bits per heavy atom. The van der Waals surface area contributed by atoms with Gasteiger partial charge < -0.3 is 24.4 Å². The molecule has 0 bridgehead atoms. The Kier molecular flexibility index (Phi) is 10.0. The first-order valence-electron chi connectivity index (χ1n) is 14.8. The minimum Gasteiger partial charge on any atom is -0.493 e. The van der Waals surface area contributed by atoms with Crippen LogP contribution >= 0.6 is 33.9 Å². The Bertz CT molecular complexity index is 2050. The highest BCUT2D eigenvalue weighted by Gasteiger charge is 2.31. The third-order valence-electron chi connectivity index (χ3n) is 7.10. The van der Waals surface area contributed by atoms with E-state index in [-0.39, 0.29) is 29.8 Å². The standard InChI is InChI=1S/C34H28F2IN5O5S/c1-3-45-27-12-14-42(23-8-5-21(35)6-9-23)33(37)31(27)34(44)40-22-7-10-26(24(36)15-22)47-28-11-13-38-25-16-29(48-32(25)28)20-17-39-41(18-20)19-30(43)46-4-2/h5-18,33H,3-4,19H2,1-2H3,(H,40,44). The number of pyridine rings is 1. The van der Waals surface area contributed by atoms with Crippen molar-refractivity contribution in [3.8, 4) is 21.9 Å². The average Bonchev–Trinajstić information content (AvgIpc) is 3.71. The van der Waals surface area contributed by atoms with Gasteiger partial charge in [0.05, 0.1) is 35.2 Å². The Balaban J connectivity index is 1.19. The van der Waals surface area contributed by atoms with Crippen LogP contribution in [-0.2, 0) is 25.6 Å². The average molecular weight is 784 g/mol. The van der Waals surface area contributed by atoms with Crippen molar-refractivity contribution in [3.63, 3.8) is 0 Å². The van der Waals surface area contributed by atoms with Crippen LogP contribution in [0.5, 0.6) is 11.5 Å². The van der Waals surface area contributed by atoms with Crippen LogP contribution in [0.2, 0.25) is 0 Å². The zero-order chi connectivity index (χ0) is 33.8. The first kappa shape index (κ1) is 33.1. The molecule has 4 heterocycles. The summed E-state index contributed by atoms with van der Waals surface area (Å²) in [5.74, 6) is -1.16. The molecule has 0 aliphatic carbocycles. The maximum absolute atomic E-state index is 15.4. The number of thiophene rings is 1. The van der Waals surface area contributed by atoms with E-state index in [0.717, 1.165) is 10.4 Å². The number of anilines is 2. The second-order valence-electron chi connectivity index (χ2n) is 10.3. The zero-order valence-corrected chi connectivity index (χ0v) is 28.6. The largest absolute Gasteiger partial charge is 0.493 e. The number of hydrogen-bond donors (Lipinski definition) is 1. The van der Waals surface area contributed by atoms with E-state index >= 15 is 4.39 Å². The van der Waals surface area contributed by atoms with E-state index in [1.54, 1.807) is 62.1 Å². The van der Waals surface area contributed by atoms with Crippen molar-refractivity contribution >= 4 is 67.4 Å². The predicted molar refractivity (Wildman–Crippen MR) is 187 cm³/mol. The molecule has 0 saturated heterocycles. The lowest BCUT2D eigenvalue weighted by atomic mass is 10.1. The Labute approximate surface area is 291 Å². The molecule has 48 heavy (non-hydrogen) atoms. The van der Waals surface area contributed by atoms with Gasteiger partial charge in [0.15, 0.2) is 11.6 Å². The van der Waals surface area contributed by atoms with E-state index < -0.39 is 15.8 Å². The molecule has 1 atom stereocenters. The molecule has 1 aliphatic heterocycles. The summed E-state index contributed by atoms with van der Waals surface area (Å²) in [5, 5.41) is 7.02. The molecule has 1 N–H and O–H groups in total. The third-order valence-corrected chi connectivity index (χ3v) is 9.51. The first-order valence-corrected chi connectivity index (χ1v) is 16.9. The Hall–Kier alpha value is -4.83. The number of carbonyl (C=O) groups excluding carboxylic acids is 2. The van der Waals surface area contributed by atoms with Crippen LogP contribution in [0.1, 0.15) is 13.8 Å². The zero-order valence-electron chi connectivity index (χ0n) is 25.7. The second-order valence-corrected chi connectivity index (χ2v) is 12.5. The van der Waals surface area contributed by atoms with Crippen molar-refractivity contribution < 1.29 is 32.6 Å². The van der Waals surface area contributed by atoms with Crippen LogP contribution in [0.25, 0.3) is 20.7 Å². The molecule has 0 saturated carbocycles. The van der Waals surface area contributed by atoms with Crippen LogP contribution < -0.4 is 15.0 Å². The van der Waals surface area contributed by atoms with Crippen molar-refractivity contribution in [2.24, 2.45) is 0 Å². The number of ether oxygens (including phenoxy) is 3. The molecular weight excluding hydrogens is 755 g/mol. The molecule has 246 valence electrons. The number of esters is 1. The SMILES string of the molecule is CCOC(=O)Cn1cc(-c2cc3nccc(Oc4ccc(NC(=O)C5=C(OCC)C=CN(c6ccc(F)cc6)C5I)cc4F)c3s2)cn1. The van der Waals surface area contributed by atoms with Gasteiger partial charge >= 0.3 is 5.97 Å². The summed E-state index contributed by atoms with van der Waals surface area (Å²) in [5.41, 5.74) is 2.66. The second kappa shape index (κ2) is 14.5. The lowest BCUT2D eigenvalue weighted by molar-refractivity contribution is -0.144. The molecule has 0 fully saturated rings. The summed E-state index contributed by atoms with van der Waals surface area (Å²) in [6.07, 6.45) is 8.41. The summed E-state index contributed by atoms with van der Waals surface area (Å²) >= 11 is 3.51. The van der Waals surface area contributed by atoms with Crippen molar-refractivity contribution in [2.75, 3.05) is 23.4 Å². The van der Waals surface area contributed by atoms with Gasteiger partial charge in [0.25, 0.3) is 5.91 Å². The summed E-state index contributed by atoms with van der Waals surface area (Å²) in [6.45, 7) is 4.18. The summed E-state index contributed by atoms with van der Waals surface area (Å²) < 4.78 is 47.4. The molecule has 14 heteroatoms. The maximum Gasteiger partial charge on any atom is 0.327 e. The van der Waals surface area contributed by atoms with Gasteiger partial charge in [0.2, 0.25) is 0 Å². The highest BCUT2D eigenvalue weighted by Crippen LogP contribution is 2.40. The monoisotopic (exact) mass is 783 g/mol. The number of halogens is 3. The quantitative estimate of drug-likeness (QED) is 0.0626. The fraction of sp³-hybridized carbons (Fsp3) is 0.176. The van der Waals surface area contributed by atoms with Gasteiger partial charge in [-0.25, -0.2) is 8.78 Å². The molecule has 1 aliphatic rings. The molecule has 0 radical (unpaired) electrons. The van der Waals surface area contributed by atoms with Gasteiger partial charge in [-0.15, -0.1) is 11.3 Å². The van der Waals surface area contributed by atoms with E-state index in [0.29, 0.717) is 46.2 Å². The fourth-order valence-corrected chi connectivity index (χ4v) is 7.07. The molecule has 1 amide bonds. The number of rotatable bonds is 11.